The number of allylic oxidation sites excluding steroid dienone is 1. The Bertz CT molecular complexity index is 1330. The number of benzene rings is 1. The molecular formula is C26H30F2N6O. The van der Waals surface area contributed by atoms with Crippen LogP contribution in [0.4, 0.5) is 20.3 Å². The van der Waals surface area contributed by atoms with Crippen LogP contribution in [-0.2, 0) is 6.42 Å². The first-order valence-corrected chi connectivity index (χ1v) is 11.6. The SMILES string of the molecule is CN=CC(=CN)c1cc2c(cc1C(F)F)N(c1cc3c(C(=O)NC)c[nH]c3c(C(C)C)n1)CCC2. The first kappa shape index (κ1) is 24.4. The van der Waals surface area contributed by atoms with Crippen molar-refractivity contribution in [1.29, 1.82) is 0 Å². The molecular weight excluding hydrogens is 450 g/mol. The number of amides is 1. The number of aromatic nitrogens is 2. The zero-order valence-electron chi connectivity index (χ0n) is 20.3. The van der Waals surface area contributed by atoms with Crippen molar-refractivity contribution in [2.45, 2.75) is 39.0 Å². The lowest BCUT2D eigenvalue weighted by Gasteiger charge is -2.32. The number of nitrogens with one attached hydrogen (secondary N) is 2. The number of pyridine rings is 1. The van der Waals surface area contributed by atoms with E-state index in [4.69, 9.17) is 10.7 Å². The van der Waals surface area contributed by atoms with Gasteiger partial charge in [0.15, 0.2) is 0 Å². The standard InChI is InChI=1S/C26H30F2N6O/c1-14(2)23-24-18(20(13-32-24)26(35)31-4)10-22(33-23)34-7-5-6-15-8-17(16(11-29)12-30-3)19(25(27)28)9-21(15)34/h8-14,25,32H,5-7,29H2,1-4H3,(H,31,35). The maximum Gasteiger partial charge on any atom is 0.264 e. The van der Waals surface area contributed by atoms with E-state index in [9.17, 15) is 13.6 Å². The first-order valence-electron chi connectivity index (χ1n) is 11.6. The summed E-state index contributed by atoms with van der Waals surface area (Å²) in [6.07, 6.45) is 3.36. The minimum absolute atomic E-state index is 0.0856. The van der Waals surface area contributed by atoms with Crippen LogP contribution in [0.5, 0.6) is 0 Å². The average molecular weight is 481 g/mol. The first-order chi connectivity index (χ1) is 16.8. The van der Waals surface area contributed by atoms with Gasteiger partial charge in [-0.05, 0) is 48.1 Å². The number of aromatic amines is 1. The Hall–Kier alpha value is -3.75. The van der Waals surface area contributed by atoms with E-state index in [0.29, 0.717) is 34.8 Å². The van der Waals surface area contributed by atoms with E-state index >= 15 is 0 Å². The van der Waals surface area contributed by atoms with Gasteiger partial charge in [-0.2, -0.15) is 0 Å². The Kier molecular flexibility index (Phi) is 6.86. The number of carbonyl (C=O) groups is 1. The van der Waals surface area contributed by atoms with E-state index in [1.54, 1.807) is 32.4 Å². The molecule has 0 fully saturated rings. The summed E-state index contributed by atoms with van der Waals surface area (Å²) in [5.74, 6) is 0.512. The molecule has 1 aliphatic rings. The normalized spacial score (nSPS) is 14.4. The molecule has 4 N–H and O–H groups in total. The van der Waals surface area contributed by atoms with Gasteiger partial charge in [0.05, 0.1) is 16.8 Å². The van der Waals surface area contributed by atoms with Gasteiger partial charge in [-0.15, -0.1) is 0 Å². The monoisotopic (exact) mass is 480 g/mol. The fourth-order valence-electron chi connectivity index (χ4n) is 4.67. The van der Waals surface area contributed by atoms with Crippen molar-refractivity contribution in [1.82, 2.24) is 15.3 Å². The van der Waals surface area contributed by atoms with Crippen molar-refractivity contribution in [2.24, 2.45) is 10.7 Å². The number of halogens is 2. The quantitative estimate of drug-likeness (QED) is 0.429. The number of fused-ring (bicyclic) bond motifs is 2. The molecule has 2 aromatic heterocycles. The third kappa shape index (κ3) is 4.38. The Labute approximate surface area is 203 Å². The molecule has 1 amide bonds. The van der Waals surface area contributed by atoms with Crippen LogP contribution in [0.25, 0.3) is 16.5 Å². The molecule has 0 radical (unpaired) electrons. The molecule has 3 aromatic rings. The van der Waals surface area contributed by atoms with Crippen LogP contribution < -0.4 is 16.0 Å². The Morgan fingerprint density at radius 2 is 2.06 bits per heavy atom. The topological polar surface area (TPSA) is 99.4 Å². The van der Waals surface area contributed by atoms with Crippen molar-refractivity contribution in [3.63, 3.8) is 0 Å². The number of hydrogen-bond acceptors (Lipinski definition) is 5. The molecule has 184 valence electrons. The molecule has 0 atom stereocenters. The smallest absolute Gasteiger partial charge is 0.264 e. The van der Waals surface area contributed by atoms with Crippen LogP contribution in [0, 0.1) is 0 Å². The van der Waals surface area contributed by atoms with Crippen LogP contribution >= 0.6 is 0 Å². The van der Waals surface area contributed by atoms with Crippen LogP contribution in [-0.4, -0.2) is 42.7 Å². The van der Waals surface area contributed by atoms with Crippen LogP contribution in [0.15, 0.2) is 35.6 Å². The van der Waals surface area contributed by atoms with Crippen molar-refractivity contribution < 1.29 is 13.6 Å². The number of alkyl halides is 2. The number of nitrogens with zero attached hydrogens (tertiary/aromatic N) is 3. The van der Waals surface area contributed by atoms with E-state index in [1.165, 1.54) is 12.4 Å². The van der Waals surface area contributed by atoms with E-state index in [0.717, 1.165) is 35.0 Å². The molecule has 0 aliphatic carbocycles. The van der Waals surface area contributed by atoms with E-state index in [2.05, 4.69) is 15.3 Å². The van der Waals surface area contributed by atoms with Crippen LogP contribution in [0.1, 0.15) is 65.4 Å². The van der Waals surface area contributed by atoms with E-state index < -0.39 is 6.43 Å². The van der Waals surface area contributed by atoms with Crippen molar-refractivity contribution in [3.05, 3.63) is 58.5 Å². The Balaban J connectivity index is 1.93. The number of H-pyrrole nitrogens is 1. The molecule has 35 heavy (non-hydrogen) atoms. The van der Waals surface area contributed by atoms with Crippen molar-refractivity contribution in [3.8, 4) is 0 Å². The molecule has 0 saturated carbocycles. The molecule has 0 bridgehead atoms. The summed E-state index contributed by atoms with van der Waals surface area (Å²) >= 11 is 0. The van der Waals surface area contributed by atoms with Crippen LogP contribution in [0.3, 0.4) is 0 Å². The number of aliphatic imine (C=N–C) groups is 1. The minimum Gasteiger partial charge on any atom is -0.404 e. The maximum absolute atomic E-state index is 14.2. The van der Waals surface area contributed by atoms with Gasteiger partial charge in [0, 0.05) is 61.5 Å². The number of nitrogens with two attached hydrogens (primary N) is 1. The molecule has 1 aliphatic heterocycles. The van der Waals surface area contributed by atoms with Gasteiger partial charge in [-0.3, -0.25) is 9.79 Å². The minimum atomic E-state index is -2.69. The molecule has 7 nitrogen and oxygen atoms in total. The average Bonchev–Trinajstić information content (AvgIpc) is 3.28. The summed E-state index contributed by atoms with van der Waals surface area (Å²) in [6, 6.07) is 5.19. The summed E-state index contributed by atoms with van der Waals surface area (Å²) < 4.78 is 28.4. The van der Waals surface area contributed by atoms with Crippen LogP contribution in [0.2, 0.25) is 0 Å². The van der Waals surface area contributed by atoms with Gasteiger partial charge < -0.3 is 20.9 Å². The Morgan fingerprint density at radius 1 is 1.29 bits per heavy atom. The number of aryl methyl sites for hydroxylation is 1. The predicted octanol–water partition coefficient (Wildman–Crippen LogP) is 5.07. The van der Waals surface area contributed by atoms with Gasteiger partial charge in [-0.25, -0.2) is 13.8 Å². The lowest BCUT2D eigenvalue weighted by molar-refractivity contribution is 0.0964. The molecule has 1 aromatic carbocycles. The largest absolute Gasteiger partial charge is 0.404 e. The second-order valence-corrected chi connectivity index (χ2v) is 8.86. The maximum atomic E-state index is 14.2. The lowest BCUT2D eigenvalue weighted by atomic mass is 9.92. The zero-order valence-corrected chi connectivity index (χ0v) is 20.3. The fraction of sp³-hybridized carbons (Fsp3) is 0.346. The summed E-state index contributed by atoms with van der Waals surface area (Å²) in [5.41, 5.74) is 10.2. The summed E-state index contributed by atoms with van der Waals surface area (Å²) in [6.45, 7) is 4.70. The highest BCUT2D eigenvalue weighted by atomic mass is 19.3. The molecule has 3 heterocycles. The Morgan fingerprint density at radius 3 is 2.69 bits per heavy atom. The third-order valence-electron chi connectivity index (χ3n) is 6.34. The molecule has 0 spiro atoms. The second kappa shape index (κ2) is 9.85. The number of hydrogen-bond donors (Lipinski definition) is 3. The molecule has 0 unspecified atom stereocenters. The highest BCUT2D eigenvalue weighted by molar-refractivity contribution is 6.10. The van der Waals surface area contributed by atoms with Gasteiger partial charge in [-0.1, -0.05) is 13.8 Å². The summed E-state index contributed by atoms with van der Waals surface area (Å²) in [4.78, 5) is 26.5. The van der Waals surface area contributed by atoms with E-state index in [-0.39, 0.29) is 17.4 Å². The highest BCUT2D eigenvalue weighted by Crippen LogP contribution is 2.40. The van der Waals surface area contributed by atoms with Gasteiger partial charge in [0.1, 0.15) is 5.82 Å². The fourth-order valence-corrected chi connectivity index (χ4v) is 4.67. The molecule has 4 rings (SSSR count). The van der Waals surface area contributed by atoms with Gasteiger partial charge >= 0.3 is 0 Å². The van der Waals surface area contributed by atoms with Crippen molar-refractivity contribution in [2.75, 3.05) is 25.5 Å². The van der Waals surface area contributed by atoms with E-state index in [1.807, 2.05) is 24.8 Å². The second-order valence-electron chi connectivity index (χ2n) is 8.86. The molecule has 0 saturated heterocycles. The predicted molar refractivity (Wildman–Crippen MR) is 137 cm³/mol. The lowest BCUT2D eigenvalue weighted by Crippen LogP contribution is -2.26. The number of carbonyl (C=O) groups excluding carboxylic acids is 1. The van der Waals surface area contributed by atoms with Crippen molar-refractivity contribution >= 4 is 40.1 Å². The number of anilines is 2. The highest BCUT2D eigenvalue weighted by Gasteiger charge is 2.27. The zero-order chi connectivity index (χ0) is 25.3. The third-order valence-corrected chi connectivity index (χ3v) is 6.34. The van der Waals surface area contributed by atoms with Gasteiger partial charge in [0.25, 0.3) is 12.3 Å². The summed E-state index contributed by atoms with van der Waals surface area (Å²) in [5, 5.41) is 3.43. The number of rotatable bonds is 6. The summed E-state index contributed by atoms with van der Waals surface area (Å²) in [7, 11) is 3.16. The molecule has 9 heteroatoms. The van der Waals surface area contributed by atoms with Gasteiger partial charge in [0.2, 0.25) is 0 Å².